The van der Waals surface area contributed by atoms with Crippen molar-refractivity contribution >= 4 is 15.7 Å². The van der Waals surface area contributed by atoms with Gasteiger partial charge >= 0.3 is 0 Å². The Morgan fingerprint density at radius 1 is 0.929 bits per heavy atom. The molecule has 0 fully saturated rings. The van der Waals surface area contributed by atoms with Gasteiger partial charge in [-0.15, -0.1) is 0 Å². The maximum Gasteiger partial charge on any atom is 0.229 e. The Morgan fingerprint density at radius 2 is 1.50 bits per heavy atom. The highest BCUT2D eigenvalue weighted by molar-refractivity contribution is 7.92. The van der Waals surface area contributed by atoms with E-state index in [1.165, 1.54) is 38.6 Å². The number of benzene rings is 1. The standard InChI is InChI=1S/C22H41N2O3S/c1-5-8-9-10-11-18-24(6-2,7-3)19-12-13-22(25)20-14-16-21(17-15-20)23-28(4,26)27/h14-17,22-23,25H,5-13,18-19H2,1-4H3/q+1. The van der Waals surface area contributed by atoms with Gasteiger partial charge < -0.3 is 9.59 Å². The minimum absolute atomic E-state index is 0.507. The topological polar surface area (TPSA) is 66.4 Å². The molecule has 1 aromatic carbocycles. The number of unbranched alkanes of at least 4 members (excludes halogenated alkanes) is 4. The summed E-state index contributed by atoms with van der Waals surface area (Å²) in [5.74, 6) is 0. The van der Waals surface area contributed by atoms with Gasteiger partial charge in [-0.05, 0) is 57.2 Å². The van der Waals surface area contributed by atoms with Gasteiger partial charge in [0.2, 0.25) is 10.0 Å². The number of rotatable bonds is 15. The fourth-order valence-electron chi connectivity index (χ4n) is 3.79. The minimum atomic E-state index is -3.27. The Bertz CT molecular complexity index is 640. The van der Waals surface area contributed by atoms with E-state index in [-0.39, 0.29) is 0 Å². The summed E-state index contributed by atoms with van der Waals surface area (Å²) < 4.78 is 26.1. The predicted octanol–water partition coefficient (Wildman–Crippen LogP) is 4.70. The number of quaternary nitrogens is 1. The Labute approximate surface area is 172 Å². The van der Waals surface area contributed by atoms with Gasteiger partial charge in [0.05, 0.1) is 38.5 Å². The molecule has 0 heterocycles. The highest BCUT2D eigenvalue weighted by Crippen LogP contribution is 2.22. The summed E-state index contributed by atoms with van der Waals surface area (Å²) >= 11 is 0. The summed E-state index contributed by atoms with van der Waals surface area (Å²) in [5, 5.41) is 10.5. The van der Waals surface area contributed by atoms with E-state index in [2.05, 4.69) is 25.5 Å². The number of nitrogens with one attached hydrogen (secondary N) is 1. The third kappa shape index (κ3) is 9.39. The molecule has 1 atom stereocenters. The molecule has 162 valence electrons. The molecular weight excluding hydrogens is 372 g/mol. The second-order valence-corrected chi connectivity index (χ2v) is 9.74. The van der Waals surface area contributed by atoms with Crippen molar-refractivity contribution in [2.24, 2.45) is 0 Å². The molecule has 0 saturated carbocycles. The van der Waals surface area contributed by atoms with Crippen molar-refractivity contribution in [3.8, 4) is 0 Å². The van der Waals surface area contributed by atoms with Crippen molar-refractivity contribution in [3.63, 3.8) is 0 Å². The molecule has 1 aromatic rings. The SMILES string of the molecule is CCCCCCC[N+](CC)(CC)CCCC(O)c1ccc(NS(C)(=O)=O)cc1. The fraction of sp³-hybridized carbons (Fsp3) is 0.727. The second-order valence-electron chi connectivity index (χ2n) is 7.99. The average Bonchev–Trinajstić information content (AvgIpc) is 2.65. The van der Waals surface area contributed by atoms with Crippen LogP contribution in [0.4, 0.5) is 5.69 Å². The number of aliphatic hydroxyl groups excluding tert-OH is 1. The molecule has 0 saturated heterocycles. The molecule has 0 aliphatic heterocycles. The molecule has 28 heavy (non-hydrogen) atoms. The molecule has 1 rings (SSSR count). The van der Waals surface area contributed by atoms with Crippen LogP contribution in [-0.4, -0.2) is 50.4 Å². The van der Waals surface area contributed by atoms with Crippen LogP contribution in [0.1, 0.15) is 77.4 Å². The predicted molar refractivity (Wildman–Crippen MR) is 119 cm³/mol. The van der Waals surface area contributed by atoms with E-state index in [0.29, 0.717) is 5.69 Å². The average molecular weight is 414 g/mol. The molecular formula is C22H41N2O3S+. The van der Waals surface area contributed by atoms with E-state index >= 15 is 0 Å². The van der Waals surface area contributed by atoms with Crippen molar-refractivity contribution in [2.75, 3.05) is 37.2 Å². The molecule has 0 aromatic heterocycles. The molecule has 0 spiro atoms. The van der Waals surface area contributed by atoms with Crippen LogP contribution in [-0.2, 0) is 10.0 Å². The molecule has 0 bridgehead atoms. The van der Waals surface area contributed by atoms with Gasteiger partial charge in [-0.25, -0.2) is 8.42 Å². The summed E-state index contributed by atoms with van der Waals surface area (Å²) in [4.78, 5) is 0. The zero-order valence-electron chi connectivity index (χ0n) is 18.3. The molecule has 5 nitrogen and oxygen atoms in total. The highest BCUT2D eigenvalue weighted by Gasteiger charge is 2.22. The van der Waals surface area contributed by atoms with Crippen molar-refractivity contribution in [2.45, 2.75) is 71.8 Å². The number of hydrogen-bond acceptors (Lipinski definition) is 3. The van der Waals surface area contributed by atoms with Gasteiger partial charge in [-0.1, -0.05) is 38.3 Å². The first-order valence-electron chi connectivity index (χ1n) is 10.9. The maximum absolute atomic E-state index is 11.3. The van der Waals surface area contributed by atoms with Crippen LogP contribution in [0.25, 0.3) is 0 Å². The summed E-state index contributed by atoms with van der Waals surface area (Å²) in [7, 11) is -3.27. The molecule has 0 radical (unpaired) electrons. The van der Waals surface area contributed by atoms with E-state index in [9.17, 15) is 13.5 Å². The zero-order chi connectivity index (χ0) is 21.0. The minimum Gasteiger partial charge on any atom is -0.388 e. The van der Waals surface area contributed by atoms with Crippen LogP contribution >= 0.6 is 0 Å². The Kier molecular flexibility index (Phi) is 11.1. The first kappa shape index (κ1) is 24.9. The second kappa shape index (κ2) is 12.5. The Balaban J connectivity index is 2.49. The van der Waals surface area contributed by atoms with Crippen molar-refractivity contribution in [3.05, 3.63) is 29.8 Å². The lowest BCUT2D eigenvalue weighted by atomic mass is 10.0. The third-order valence-electron chi connectivity index (χ3n) is 5.79. The van der Waals surface area contributed by atoms with E-state index in [1.54, 1.807) is 24.3 Å². The monoisotopic (exact) mass is 413 g/mol. The fourth-order valence-corrected chi connectivity index (χ4v) is 4.36. The summed E-state index contributed by atoms with van der Waals surface area (Å²) in [5.41, 5.74) is 1.36. The molecule has 6 heteroatoms. The summed E-state index contributed by atoms with van der Waals surface area (Å²) in [6.45, 7) is 11.4. The smallest absolute Gasteiger partial charge is 0.229 e. The number of aliphatic hydroxyl groups is 1. The number of anilines is 1. The van der Waals surface area contributed by atoms with Crippen LogP contribution in [0.2, 0.25) is 0 Å². The van der Waals surface area contributed by atoms with Crippen molar-refractivity contribution < 1.29 is 18.0 Å². The Morgan fingerprint density at radius 3 is 2.04 bits per heavy atom. The highest BCUT2D eigenvalue weighted by atomic mass is 32.2. The molecule has 1 unspecified atom stereocenters. The van der Waals surface area contributed by atoms with Gasteiger partial charge in [0.15, 0.2) is 0 Å². The van der Waals surface area contributed by atoms with Gasteiger partial charge in [0.1, 0.15) is 0 Å². The molecule has 0 aliphatic carbocycles. The first-order valence-corrected chi connectivity index (χ1v) is 12.7. The van der Waals surface area contributed by atoms with Crippen LogP contribution in [0.15, 0.2) is 24.3 Å². The number of hydrogen-bond donors (Lipinski definition) is 2. The molecule has 2 N–H and O–H groups in total. The lowest BCUT2D eigenvalue weighted by molar-refractivity contribution is -0.925. The lowest BCUT2D eigenvalue weighted by Crippen LogP contribution is -2.49. The lowest BCUT2D eigenvalue weighted by Gasteiger charge is -2.37. The largest absolute Gasteiger partial charge is 0.388 e. The van der Waals surface area contributed by atoms with Crippen LogP contribution in [0.5, 0.6) is 0 Å². The van der Waals surface area contributed by atoms with E-state index < -0.39 is 16.1 Å². The maximum atomic E-state index is 11.3. The third-order valence-corrected chi connectivity index (χ3v) is 6.39. The van der Waals surface area contributed by atoms with Crippen molar-refractivity contribution in [1.82, 2.24) is 0 Å². The zero-order valence-corrected chi connectivity index (χ0v) is 19.1. The van der Waals surface area contributed by atoms with Crippen LogP contribution < -0.4 is 4.72 Å². The number of sulfonamides is 1. The summed E-state index contributed by atoms with van der Waals surface area (Å²) in [6.07, 6.45) is 8.91. The van der Waals surface area contributed by atoms with E-state index in [4.69, 9.17) is 0 Å². The number of nitrogens with zero attached hydrogens (tertiary/aromatic N) is 1. The summed E-state index contributed by atoms with van der Waals surface area (Å²) in [6, 6.07) is 7.00. The van der Waals surface area contributed by atoms with Crippen molar-refractivity contribution in [1.29, 1.82) is 0 Å². The quantitative estimate of drug-likeness (QED) is 0.323. The van der Waals surface area contributed by atoms with Crippen LogP contribution in [0.3, 0.4) is 0 Å². The van der Waals surface area contributed by atoms with Gasteiger partial charge in [0.25, 0.3) is 0 Å². The molecule has 0 amide bonds. The van der Waals surface area contributed by atoms with Gasteiger partial charge in [0, 0.05) is 5.69 Å². The normalized spacial score (nSPS) is 13.5. The molecule has 0 aliphatic rings. The van der Waals surface area contributed by atoms with Gasteiger partial charge in [-0.2, -0.15) is 0 Å². The first-order chi connectivity index (χ1) is 13.2. The van der Waals surface area contributed by atoms with E-state index in [0.717, 1.165) is 48.8 Å². The van der Waals surface area contributed by atoms with Crippen LogP contribution in [0, 0.1) is 0 Å². The van der Waals surface area contributed by atoms with Gasteiger partial charge in [-0.3, -0.25) is 4.72 Å². The van der Waals surface area contributed by atoms with E-state index in [1.807, 2.05) is 0 Å². The Hall–Kier alpha value is -1.11.